The second kappa shape index (κ2) is 1.86. The van der Waals surface area contributed by atoms with Crippen LogP contribution in [0.5, 0.6) is 0 Å². The third kappa shape index (κ3) is 0.997. The van der Waals surface area contributed by atoms with Gasteiger partial charge in [-0.05, 0) is 18.6 Å². The highest BCUT2D eigenvalue weighted by atomic mass is 16.3. The monoisotopic (exact) mass is 108 g/mol. The third-order valence-electron chi connectivity index (χ3n) is 1.06. The molecule has 0 heterocycles. The number of hydrogen-bond acceptors (Lipinski definition) is 1. The van der Waals surface area contributed by atoms with Crippen molar-refractivity contribution >= 4 is 0 Å². The lowest BCUT2D eigenvalue weighted by Crippen LogP contribution is -1.83. The van der Waals surface area contributed by atoms with Crippen molar-refractivity contribution in [2.45, 2.75) is 6.42 Å². The lowest BCUT2D eigenvalue weighted by atomic mass is 10.1. The maximum atomic E-state index is 8.76. The number of hydrogen-bond donors (Lipinski definition) is 1. The highest BCUT2D eigenvalue weighted by molar-refractivity contribution is 5.29. The minimum absolute atomic E-state index is 0.345. The van der Waals surface area contributed by atoms with Gasteiger partial charge >= 0.3 is 0 Å². The molecule has 8 heavy (non-hydrogen) atoms. The standard InChI is InChI=1S/C7H8O/c1-6-2-4-7(8)5-3-6/h2,4-5,8H,1,3H2. The molecule has 1 N–H and O–H groups in total. The van der Waals surface area contributed by atoms with E-state index in [1.54, 1.807) is 12.2 Å². The van der Waals surface area contributed by atoms with E-state index in [4.69, 9.17) is 5.11 Å². The number of allylic oxidation sites excluding steroid dienone is 4. The summed E-state index contributed by atoms with van der Waals surface area (Å²) in [6.07, 6.45) is 5.98. The Bertz CT molecular complexity index is 160. The zero-order valence-corrected chi connectivity index (χ0v) is 4.59. The summed E-state index contributed by atoms with van der Waals surface area (Å²) in [6.45, 7) is 3.71. The average molecular weight is 108 g/mol. The molecule has 0 aliphatic heterocycles. The molecule has 0 aromatic carbocycles. The molecule has 1 heteroatoms. The Labute approximate surface area is 48.6 Å². The van der Waals surface area contributed by atoms with E-state index in [1.807, 2.05) is 6.08 Å². The van der Waals surface area contributed by atoms with Crippen molar-refractivity contribution in [1.29, 1.82) is 0 Å². The Morgan fingerprint density at radius 3 is 2.62 bits per heavy atom. The fourth-order valence-corrected chi connectivity index (χ4v) is 0.575. The second-order valence-electron chi connectivity index (χ2n) is 1.82. The lowest BCUT2D eigenvalue weighted by Gasteiger charge is -1.99. The van der Waals surface area contributed by atoms with E-state index in [1.165, 1.54) is 0 Å². The number of rotatable bonds is 0. The highest BCUT2D eigenvalue weighted by Gasteiger charge is 1.93. The largest absolute Gasteiger partial charge is 0.508 e. The number of aliphatic hydroxyl groups is 1. The molecule has 1 nitrogen and oxygen atoms in total. The maximum Gasteiger partial charge on any atom is 0.111 e. The first-order chi connectivity index (χ1) is 3.79. The van der Waals surface area contributed by atoms with Gasteiger partial charge in [0.1, 0.15) is 5.76 Å². The summed E-state index contributed by atoms with van der Waals surface area (Å²) in [6, 6.07) is 0. The molecule has 0 fully saturated rings. The van der Waals surface area contributed by atoms with Crippen molar-refractivity contribution in [1.82, 2.24) is 0 Å². The molecule has 0 saturated heterocycles. The molecule has 1 aliphatic rings. The minimum atomic E-state index is 0.345. The van der Waals surface area contributed by atoms with Gasteiger partial charge in [-0.2, -0.15) is 0 Å². The predicted molar refractivity (Wildman–Crippen MR) is 33.6 cm³/mol. The van der Waals surface area contributed by atoms with Gasteiger partial charge in [0.15, 0.2) is 0 Å². The van der Waals surface area contributed by atoms with Crippen molar-refractivity contribution < 1.29 is 5.11 Å². The molecule has 0 atom stereocenters. The zero-order chi connectivity index (χ0) is 5.98. The van der Waals surface area contributed by atoms with Crippen LogP contribution in [0.25, 0.3) is 0 Å². The van der Waals surface area contributed by atoms with E-state index in [0.29, 0.717) is 5.76 Å². The topological polar surface area (TPSA) is 20.2 Å². The molecule has 0 saturated carbocycles. The van der Waals surface area contributed by atoms with E-state index in [0.717, 1.165) is 12.0 Å². The molecule has 0 amide bonds. The zero-order valence-electron chi connectivity index (χ0n) is 4.59. The lowest BCUT2D eigenvalue weighted by molar-refractivity contribution is 0.429. The summed E-state index contributed by atoms with van der Waals surface area (Å²) < 4.78 is 0. The summed E-state index contributed by atoms with van der Waals surface area (Å²) in [5.41, 5.74) is 1.04. The molecule has 0 unspecified atom stereocenters. The van der Waals surface area contributed by atoms with E-state index in [9.17, 15) is 0 Å². The average Bonchev–Trinajstić information content (AvgIpc) is 1.77. The first-order valence-corrected chi connectivity index (χ1v) is 2.54. The smallest absolute Gasteiger partial charge is 0.111 e. The Morgan fingerprint density at radius 1 is 1.50 bits per heavy atom. The summed E-state index contributed by atoms with van der Waals surface area (Å²) in [7, 11) is 0. The van der Waals surface area contributed by atoms with Gasteiger partial charge in [-0.1, -0.05) is 18.2 Å². The Morgan fingerprint density at radius 2 is 2.25 bits per heavy atom. The van der Waals surface area contributed by atoms with Gasteiger partial charge in [0.2, 0.25) is 0 Å². The van der Waals surface area contributed by atoms with E-state index in [-0.39, 0.29) is 0 Å². The summed E-state index contributed by atoms with van der Waals surface area (Å²) in [4.78, 5) is 0. The molecule has 1 aliphatic carbocycles. The Balaban J connectivity index is 2.71. The van der Waals surface area contributed by atoms with Crippen molar-refractivity contribution in [2.24, 2.45) is 0 Å². The van der Waals surface area contributed by atoms with E-state index in [2.05, 4.69) is 6.58 Å². The molecule has 0 radical (unpaired) electrons. The van der Waals surface area contributed by atoms with Gasteiger partial charge in [0, 0.05) is 0 Å². The molecular formula is C7H8O. The van der Waals surface area contributed by atoms with Crippen LogP contribution in [0.1, 0.15) is 6.42 Å². The summed E-state index contributed by atoms with van der Waals surface area (Å²) >= 11 is 0. The highest BCUT2D eigenvalue weighted by Crippen LogP contribution is 2.10. The molecule has 1 rings (SSSR count). The van der Waals surface area contributed by atoms with Crippen LogP contribution in [0, 0.1) is 0 Å². The first kappa shape index (κ1) is 5.16. The van der Waals surface area contributed by atoms with Crippen molar-refractivity contribution in [2.75, 3.05) is 0 Å². The third-order valence-corrected chi connectivity index (χ3v) is 1.06. The minimum Gasteiger partial charge on any atom is -0.508 e. The van der Waals surface area contributed by atoms with Crippen LogP contribution in [0.3, 0.4) is 0 Å². The summed E-state index contributed by atoms with van der Waals surface area (Å²) in [5.74, 6) is 0.345. The van der Waals surface area contributed by atoms with Gasteiger partial charge in [-0.25, -0.2) is 0 Å². The normalized spacial score (nSPS) is 18.5. The molecule has 0 bridgehead atoms. The maximum absolute atomic E-state index is 8.76. The van der Waals surface area contributed by atoms with Gasteiger partial charge in [0.05, 0.1) is 0 Å². The number of aliphatic hydroxyl groups excluding tert-OH is 1. The van der Waals surface area contributed by atoms with Crippen LogP contribution >= 0.6 is 0 Å². The van der Waals surface area contributed by atoms with Crippen molar-refractivity contribution in [3.05, 3.63) is 36.1 Å². The van der Waals surface area contributed by atoms with Crippen LogP contribution in [-0.2, 0) is 0 Å². The fourth-order valence-electron chi connectivity index (χ4n) is 0.575. The fraction of sp³-hybridized carbons (Fsp3) is 0.143. The molecular weight excluding hydrogens is 100 g/mol. The quantitative estimate of drug-likeness (QED) is 0.502. The van der Waals surface area contributed by atoms with Gasteiger partial charge < -0.3 is 5.11 Å². The second-order valence-corrected chi connectivity index (χ2v) is 1.82. The molecule has 0 spiro atoms. The van der Waals surface area contributed by atoms with E-state index < -0.39 is 0 Å². The van der Waals surface area contributed by atoms with E-state index >= 15 is 0 Å². The molecule has 42 valence electrons. The Kier molecular flexibility index (Phi) is 1.20. The van der Waals surface area contributed by atoms with Crippen LogP contribution < -0.4 is 0 Å². The van der Waals surface area contributed by atoms with Crippen LogP contribution in [0.15, 0.2) is 36.1 Å². The van der Waals surface area contributed by atoms with Crippen LogP contribution in [0.4, 0.5) is 0 Å². The van der Waals surface area contributed by atoms with Gasteiger partial charge in [-0.15, -0.1) is 0 Å². The molecule has 0 aromatic rings. The predicted octanol–water partition coefficient (Wildman–Crippen LogP) is 1.94. The van der Waals surface area contributed by atoms with Crippen molar-refractivity contribution in [3.63, 3.8) is 0 Å². The van der Waals surface area contributed by atoms with Gasteiger partial charge in [0.25, 0.3) is 0 Å². The van der Waals surface area contributed by atoms with Crippen LogP contribution in [-0.4, -0.2) is 5.11 Å². The van der Waals surface area contributed by atoms with Crippen molar-refractivity contribution in [3.8, 4) is 0 Å². The first-order valence-electron chi connectivity index (χ1n) is 2.54. The summed E-state index contributed by atoms with van der Waals surface area (Å²) in [5, 5.41) is 8.76. The molecule has 0 aromatic heterocycles. The Hall–Kier alpha value is -0.980. The van der Waals surface area contributed by atoms with Crippen LogP contribution in [0.2, 0.25) is 0 Å². The van der Waals surface area contributed by atoms with Gasteiger partial charge in [-0.3, -0.25) is 0 Å². The SMILES string of the molecule is C=C1C=CC(O)=CC1.